The van der Waals surface area contributed by atoms with Crippen molar-refractivity contribution in [3.05, 3.63) is 100 Å². The van der Waals surface area contributed by atoms with E-state index >= 15 is 0 Å². The highest BCUT2D eigenvalue weighted by Gasteiger charge is 2.27. The van der Waals surface area contributed by atoms with Gasteiger partial charge in [0.05, 0.1) is 22.8 Å². The first-order valence-corrected chi connectivity index (χ1v) is 12.8. The Kier molecular flexibility index (Phi) is 6.12. The van der Waals surface area contributed by atoms with Crippen LogP contribution in [0.5, 0.6) is 0 Å². The third-order valence-electron chi connectivity index (χ3n) is 5.93. The van der Waals surface area contributed by atoms with Crippen molar-refractivity contribution < 1.29 is 8.42 Å². The number of hydrogen-bond acceptors (Lipinski definition) is 4. The Labute approximate surface area is 202 Å². The van der Waals surface area contributed by atoms with Gasteiger partial charge in [0.2, 0.25) is 10.0 Å². The van der Waals surface area contributed by atoms with Crippen LogP contribution in [-0.2, 0) is 16.6 Å². The Morgan fingerprint density at radius 1 is 0.882 bits per heavy atom. The predicted octanol–water partition coefficient (Wildman–Crippen LogP) is 4.19. The number of nitrogens with zero attached hydrogens (tertiary/aromatic N) is 4. The van der Waals surface area contributed by atoms with Crippen molar-refractivity contribution in [3.8, 4) is 16.9 Å². The van der Waals surface area contributed by atoms with Gasteiger partial charge in [-0.15, -0.1) is 0 Å². The molecule has 1 fully saturated rings. The van der Waals surface area contributed by atoms with Crippen molar-refractivity contribution in [2.45, 2.75) is 24.3 Å². The first kappa shape index (κ1) is 22.6. The number of aromatic nitrogens is 3. The van der Waals surface area contributed by atoms with E-state index in [0.29, 0.717) is 23.8 Å². The monoisotopic (exact) mass is 494 g/mol. The maximum atomic E-state index is 13.0. The Balaban J connectivity index is 1.57. The zero-order valence-electron chi connectivity index (χ0n) is 18.3. The van der Waals surface area contributed by atoms with Gasteiger partial charge in [0.1, 0.15) is 0 Å². The summed E-state index contributed by atoms with van der Waals surface area (Å²) in [5, 5.41) is 5.39. The molecule has 2 aromatic heterocycles. The molecule has 0 amide bonds. The van der Waals surface area contributed by atoms with Crippen molar-refractivity contribution in [2.75, 3.05) is 13.1 Å². The summed E-state index contributed by atoms with van der Waals surface area (Å²) in [5.41, 5.74) is 2.92. The van der Waals surface area contributed by atoms with Crippen LogP contribution < -0.4 is 5.56 Å². The molecule has 0 radical (unpaired) electrons. The van der Waals surface area contributed by atoms with Crippen LogP contribution >= 0.6 is 11.6 Å². The van der Waals surface area contributed by atoms with Gasteiger partial charge in [-0.2, -0.15) is 9.40 Å². The molecule has 5 rings (SSSR count). The van der Waals surface area contributed by atoms with E-state index in [0.717, 1.165) is 29.7 Å². The normalized spacial score (nSPS) is 14.5. The topological polar surface area (TPSA) is 77.2 Å². The first-order valence-electron chi connectivity index (χ1n) is 11.0. The van der Waals surface area contributed by atoms with Crippen LogP contribution in [0.4, 0.5) is 0 Å². The number of rotatable bonds is 6. The van der Waals surface area contributed by atoms with Crippen molar-refractivity contribution >= 4 is 21.6 Å². The Hall–Kier alpha value is -3.20. The van der Waals surface area contributed by atoms with Crippen LogP contribution in [0.3, 0.4) is 0 Å². The fourth-order valence-electron chi connectivity index (χ4n) is 4.14. The van der Waals surface area contributed by atoms with E-state index in [1.807, 2.05) is 48.7 Å². The van der Waals surface area contributed by atoms with Crippen molar-refractivity contribution in [1.82, 2.24) is 18.7 Å². The molecule has 0 unspecified atom stereocenters. The third kappa shape index (κ3) is 4.44. The van der Waals surface area contributed by atoms with E-state index in [9.17, 15) is 13.2 Å². The van der Waals surface area contributed by atoms with Crippen LogP contribution in [0.25, 0.3) is 16.9 Å². The molecule has 0 spiro atoms. The average Bonchev–Trinajstić information content (AvgIpc) is 3.53. The van der Waals surface area contributed by atoms with Gasteiger partial charge in [-0.05, 0) is 43.2 Å². The van der Waals surface area contributed by atoms with Gasteiger partial charge in [0.15, 0.2) is 0 Å². The summed E-state index contributed by atoms with van der Waals surface area (Å²) in [6.07, 6.45) is 5.00. The lowest BCUT2D eigenvalue weighted by Crippen LogP contribution is -2.29. The molecule has 0 aliphatic carbocycles. The Morgan fingerprint density at radius 3 is 2.29 bits per heavy atom. The highest BCUT2D eigenvalue weighted by Crippen LogP contribution is 2.26. The van der Waals surface area contributed by atoms with Crippen LogP contribution in [0, 0.1) is 0 Å². The van der Waals surface area contributed by atoms with Gasteiger partial charge in [-0.1, -0.05) is 41.9 Å². The van der Waals surface area contributed by atoms with Crippen molar-refractivity contribution in [1.29, 1.82) is 0 Å². The number of para-hydroxylation sites is 1. The lowest BCUT2D eigenvalue weighted by Gasteiger charge is -2.16. The molecule has 174 valence electrons. The van der Waals surface area contributed by atoms with E-state index in [-0.39, 0.29) is 17.0 Å². The van der Waals surface area contributed by atoms with Gasteiger partial charge in [-0.25, -0.2) is 13.1 Å². The SMILES string of the molecule is O=c1ccc(S(=O)(=O)N2CCCC2)cn1Cc1cn(-c2ccccc2)nc1-c1ccc(Cl)cc1. The maximum absolute atomic E-state index is 13.0. The number of hydrogen-bond donors (Lipinski definition) is 0. The highest BCUT2D eigenvalue weighted by atomic mass is 35.5. The molecule has 4 aromatic rings. The van der Waals surface area contributed by atoms with Gasteiger partial charge in [0.25, 0.3) is 5.56 Å². The standard InChI is InChI=1S/C25H23ClN4O3S/c26-21-10-8-19(9-11-21)25-20(17-30(27-25)22-6-2-1-3-7-22)16-28-18-23(12-13-24(28)31)34(32,33)29-14-4-5-15-29/h1-3,6-13,17-18H,4-5,14-16H2. The van der Waals surface area contributed by atoms with E-state index in [1.54, 1.807) is 16.8 Å². The zero-order valence-corrected chi connectivity index (χ0v) is 19.9. The zero-order chi connectivity index (χ0) is 23.7. The molecular weight excluding hydrogens is 472 g/mol. The van der Waals surface area contributed by atoms with Crippen LogP contribution in [0.2, 0.25) is 5.02 Å². The lowest BCUT2D eigenvalue weighted by atomic mass is 10.1. The molecule has 0 bridgehead atoms. The fourth-order valence-corrected chi connectivity index (χ4v) is 5.80. The molecule has 0 saturated carbocycles. The van der Waals surface area contributed by atoms with Gasteiger partial charge in [-0.3, -0.25) is 4.79 Å². The van der Waals surface area contributed by atoms with E-state index in [1.165, 1.54) is 27.2 Å². The summed E-state index contributed by atoms with van der Waals surface area (Å²) in [6.45, 7) is 1.19. The average molecular weight is 495 g/mol. The largest absolute Gasteiger partial charge is 0.310 e. The number of benzene rings is 2. The number of sulfonamides is 1. The van der Waals surface area contributed by atoms with Crippen LogP contribution in [-0.4, -0.2) is 40.2 Å². The molecule has 0 atom stereocenters. The second-order valence-corrected chi connectivity index (χ2v) is 10.6. The number of halogens is 1. The minimum absolute atomic E-state index is 0.123. The Morgan fingerprint density at radius 2 is 1.59 bits per heavy atom. The van der Waals surface area contributed by atoms with Gasteiger partial charge >= 0.3 is 0 Å². The van der Waals surface area contributed by atoms with E-state index < -0.39 is 10.0 Å². The molecule has 3 heterocycles. The summed E-state index contributed by atoms with van der Waals surface area (Å²) in [5.74, 6) is 0. The fraction of sp³-hybridized carbons (Fsp3) is 0.200. The second kappa shape index (κ2) is 9.21. The molecule has 1 saturated heterocycles. The van der Waals surface area contributed by atoms with Crippen LogP contribution in [0.15, 0.2) is 88.8 Å². The molecule has 9 heteroatoms. The third-order valence-corrected chi connectivity index (χ3v) is 8.06. The minimum Gasteiger partial charge on any atom is -0.310 e. The summed E-state index contributed by atoms with van der Waals surface area (Å²) in [4.78, 5) is 12.8. The molecule has 34 heavy (non-hydrogen) atoms. The summed E-state index contributed by atoms with van der Waals surface area (Å²) >= 11 is 6.07. The summed E-state index contributed by atoms with van der Waals surface area (Å²) in [6, 6.07) is 19.7. The first-order chi connectivity index (χ1) is 16.4. The molecule has 7 nitrogen and oxygen atoms in total. The van der Waals surface area contributed by atoms with E-state index in [2.05, 4.69) is 0 Å². The quantitative estimate of drug-likeness (QED) is 0.403. The van der Waals surface area contributed by atoms with Gasteiger partial charge in [0, 0.05) is 47.7 Å². The Bertz CT molecular complexity index is 1470. The highest BCUT2D eigenvalue weighted by molar-refractivity contribution is 7.89. The maximum Gasteiger partial charge on any atom is 0.250 e. The summed E-state index contributed by atoms with van der Waals surface area (Å²) < 4.78 is 30.7. The van der Waals surface area contributed by atoms with Crippen LogP contribution in [0.1, 0.15) is 18.4 Å². The molecule has 1 aliphatic rings. The van der Waals surface area contributed by atoms with Crippen molar-refractivity contribution in [3.63, 3.8) is 0 Å². The molecule has 0 N–H and O–H groups in total. The molecule has 1 aliphatic heterocycles. The molecular formula is C25H23ClN4O3S. The molecule has 2 aromatic carbocycles. The minimum atomic E-state index is -3.64. The summed E-state index contributed by atoms with van der Waals surface area (Å²) in [7, 11) is -3.64. The van der Waals surface area contributed by atoms with Gasteiger partial charge < -0.3 is 4.57 Å². The second-order valence-electron chi connectivity index (χ2n) is 8.23. The predicted molar refractivity (Wildman–Crippen MR) is 132 cm³/mol. The lowest BCUT2D eigenvalue weighted by molar-refractivity contribution is 0.476. The van der Waals surface area contributed by atoms with Crippen molar-refractivity contribution in [2.24, 2.45) is 0 Å². The smallest absolute Gasteiger partial charge is 0.250 e. The number of pyridine rings is 1. The van der Waals surface area contributed by atoms with E-state index in [4.69, 9.17) is 16.7 Å².